The largest absolute Gasteiger partial charge is 0.0697 e. The van der Waals surface area contributed by atoms with E-state index in [9.17, 15) is 0 Å². The lowest BCUT2D eigenvalue weighted by Gasteiger charge is -2.44. The summed E-state index contributed by atoms with van der Waals surface area (Å²) < 4.78 is 0. The molecule has 0 heterocycles. The number of allylic oxidation sites excluding steroid dienone is 4. The molecule has 0 nitrogen and oxygen atoms in total. The van der Waals surface area contributed by atoms with E-state index >= 15 is 0 Å². The Hall–Kier alpha value is -0.520. The summed E-state index contributed by atoms with van der Waals surface area (Å²) in [5.41, 5.74) is 4.59. The Kier molecular flexibility index (Phi) is 7.44. The maximum absolute atomic E-state index is 2.67. The number of rotatable bonds is 5. The van der Waals surface area contributed by atoms with Crippen LogP contribution in [0.15, 0.2) is 23.3 Å². The fourth-order valence-corrected chi connectivity index (χ4v) is 7.56. The highest BCUT2D eigenvalue weighted by atomic mass is 14.5. The van der Waals surface area contributed by atoms with Crippen molar-refractivity contribution in [1.29, 1.82) is 0 Å². The summed E-state index contributed by atoms with van der Waals surface area (Å²) in [4.78, 5) is 0. The van der Waals surface area contributed by atoms with E-state index in [0.29, 0.717) is 10.8 Å². The van der Waals surface area contributed by atoms with Gasteiger partial charge in [0, 0.05) is 0 Å². The fourth-order valence-electron chi connectivity index (χ4n) is 7.56. The standard InChI is InChI=1S/C29H50/c1-21-18-22(2)20-24(19-21)12-13-25-11-9-17-29(7)26(14-15-27(25)29)23(3)10-8-16-28(4,5)6/h12-13,21-23,26-27H,8-11,14-20H2,1-7H3/b24-12?,25-13+/t21?,22?,23-,26-,27+,29-/m1/s1. The molecule has 3 rings (SSSR count). The average molecular weight is 399 g/mol. The van der Waals surface area contributed by atoms with Gasteiger partial charge in [0.15, 0.2) is 0 Å². The molecule has 0 aromatic carbocycles. The van der Waals surface area contributed by atoms with E-state index in [-0.39, 0.29) is 0 Å². The van der Waals surface area contributed by atoms with E-state index in [2.05, 4.69) is 60.6 Å². The zero-order chi connectivity index (χ0) is 21.2. The summed E-state index contributed by atoms with van der Waals surface area (Å²) in [7, 11) is 0. The predicted octanol–water partition coefficient (Wildman–Crippen LogP) is 9.36. The Balaban J connectivity index is 1.66. The lowest BCUT2D eigenvalue weighted by molar-refractivity contribution is 0.0920. The van der Waals surface area contributed by atoms with Crippen LogP contribution < -0.4 is 0 Å². The minimum absolute atomic E-state index is 0.490. The third-order valence-corrected chi connectivity index (χ3v) is 8.87. The molecule has 0 spiro atoms. The van der Waals surface area contributed by atoms with Crippen LogP contribution in [0.1, 0.15) is 119 Å². The van der Waals surface area contributed by atoms with Gasteiger partial charge in [-0.25, -0.2) is 0 Å². The molecule has 3 aliphatic carbocycles. The molecule has 3 saturated carbocycles. The molecule has 3 aliphatic rings. The van der Waals surface area contributed by atoms with Crippen LogP contribution in [0.5, 0.6) is 0 Å². The summed E-state index contributed by atoms with van der Waals surface area (Å²) in [5.74, 6) is 4.46. The molecule has 6 atom stereocenters. The van der Waals surface area contributed by atoms with Crippen LogP contribution in [-0.4, -0.2) is 0 Å². The van der Waals surface area contributed by atoms with Crippen molar-refractivity contribution in [3.63, 3.8) is 0 Å². The van der Waals surface area contributed by atoms with Gasteiger partial charge < -0.3 is 0 Å². The number of fused-ring (bicyclic) bond motifs is 1. The first-order valence-corrected chi connectivity index (χ1v) is 13.0. The second kappa shape index (κ2) is 9.32. The van der Waals surface area contributed by atoms with Gasteiger partial charge in [-0.05, 0) is 98.2 Å². The zero-order valence-electron chi connectivity index (χ0n) is 20.8. The molecule has 0 saturated heterocycles. The first-order chi connectivity index (χ1) is 13.6. The zero-order valence-corrected chi connectivity index (χ0v) is 20.8. The first-order valence-electron chi connectivity index (χ1n) is 13.0. The van der Waals surface area contributed by atoms with E-state index in [1.165, 1.54) is 70.6 Å². The molecule has 2 unspecified atom stereocenters. The van der Waals surface area contributed by atoms with E-state index in [1.807, 2.05) is 0 Å². The van der Waals surface area contributed by atoms with E-state index in [0.717, 1.165) is 29.6 Å². The molecular formula is C29H50. The van der Waals surface area contributed by atoms with Gasteiger partial charge in [-0.15, -0.1) is 0 Å². The molecule has 0 heteroatoms. The van der Waals surface area contributed by atoms with Crippen molar-refractivity contribution in [2.45, 2.75) is 119 Å². The Morgan fingerprint density at radius 3 is 2.41 bits per heavy atom. The van der Waals surface area contributed by atoms with Gasteiger partial charge in [0.2, 0.25) is 0 Å². The van der Waals surface area contributed by atoms with Gasteiger partial charge in [0.25, 0.3) is 0 Å². The van der Waals surface area contributed by atoms with Crippen LogP contribution in [0.4, 0.5) is 0 Å². The Labute approximate surface area is 183 Å². The number of hydrogen-bond acceptors (Lipinski definition) is 0. The highest BCUT2D eigenvalue weighted by Gasteiger charge is 2.50. The molecule has 0 bridgehead atoms. The van der Waals surface area contributed by atoms with E-state index < -0.39 is 0 Å². The van der Waals surface area contributed by atoms with Crippen molar-refractivity contribution in [3.05, 3.63) is 23.3 Å². The summed E-state index contributed by atoms with van der Waals surface area (Å²) in [5, 5.41) is 0. The summed E-state index contributed by atoms with van der Waals surface area (Å²) in [6.45, 7) is 17.3. The monoisotopic (exact) mass is 398 g/mol. The molecule has 3 fully saturated rings. The number of hydrogen-bond donors (Lipinski definition) is 0. The average Bonchev–Trinajstić information content (AvgIpc) is 2.95. The van der Waals surface area contributed by atoms with Gasteiger partial charge >= 0.3 is 0 Å². The smallest absolute Gasteiger partial charge is 0.0143 e. The molecule has 0 aromatic rings. The van der Waals surface area contributed by atoms with Crippen molar-refractivity contribution >= 4 is 0 Å². The Morgan fingerprint density at radius 1 is 1.07 bits per heavy atom. The van der Waals surface area contributed by atoms with Crippen LogP contribution in [0.3, 0.4) is 0 Å². The van der Waals surface area contributed by atoms with Gasteiger partial charge in [-0.2, -0.15) is 0 Å². The van der Waals surface area contributed by atoms with Crippen LogP contribution >= 0.6 is 0 Å². The molecule has 0 aliphatic heterocycles. The van der Waals surface area contributed by atoms with E-state index in [1.54, 1.807) is 11.1 Å². The summed E-state index contributed by atoms with van der Waals surface area (Å²) >= 11 is 0. The quantitative estimate of drug-likeness (QED) is 0.432. The molecule has 0 radical (unpaired) electrons. The van der Waals surface area contributed by atoms with Gasteiger partial charge in [-0.1, -0.05) is 84.6 Å². The van der Waals surface area contributed by atoms with Crippen LogP contribution in [0, 0.1) is 40.4 Å². The van der Waals surface area contributed by atoms with Crippen molar-refractivity contribution in [2.24, 2.45) is 40.4 Å². The van der Waals surface area contributed by atoms with Gasteiger partial charge in [0.1, 0.15) is 0 Å². The molecule has 0 N–H and O–H groups in total. The topological polar surface area (TPSA) is 0 Å². The van der Waals surface area contributed by atoms with Crippen LogP contribution in [0.2, 0.25) is 0 Å². The van der Waals surface area contributed by atoms with Crippen molar-refractivity contribution < 1.29 is 0 Å². The minimum Gasteiger partial charge on any atom is -0.0697 e. The van der Waals surface area contributed by atoms with Crippen molar-refractivity contribution in [1.82, 2.24) is 0 Å². The molecular weight excluding hydrogens is 348 g/mol. The third-order valence-electron chi connectivity index (χ3n) is 8.87. The molecule has 166 valence electrons. The molecule has 0 aromatic heterocycles. The van der Waals surface area contributed by atoms with Crippen LogP contribution in [-0.2, 0) is 0 Å². The first kappa shape index (κ1) is 23.1. The highest BCUT2D eigenvalue weighted by Crippen LogP contribution is 2.60. The molecule has 0 amide bonds. The SMILES string of the molecule is CC1CC(=C/C=C2\CCC[C@]3(C)[C@@H]([C@H](C)CCCC(C)(C)C)CC[C@@H]23)CC(C)C1. The van der Waals surface area contributed by atoms with Gasteiger partial charge in [0.05, 0.1) is 0 Å². The highest BCUT2D eigenvalue weighted by molar-refractivity contribution is 5.26. The van der Waals surface area contributed by atoms with Crippen molar-refractivity contribution in [2.75, 3.05) is 0 Å². The molecule has 29 heavy (non-hydrogen) atoms. The lowest BCUT2D eigenvalue weighted by atomic mass is 9.60. The predicted molar refractivity (Wildman–Crippen MR) is 129 cm³/mol. The van der Waals surface area contributed by atoms with E-state index in [4.69, 9.17) is 0 Å². The second-order valence-corrected chi connectivity index (χ2v) is 12.9. The normalized spacial score (nSPS) is 38.2. The summed E-state index contributed by atoms with van der Waals surface area (Å²) in [6.07, 6.45) is 20.6. The maximum Gasteiger partial charge on any atom is -0.0143 e. The maximum atomic E-state index is 2.67. The fraction of sp³-hybridized carbons (Fsp3) is 0.862. The second-order valence-electron chi connectivity index (χ2n) is 12.9. The van der Waals surface area contributed by atoms with Gasteiger partial charge in [-0.3, -0.25) is 0 Å². The third kappa shape index (κ3) is 5.80. The Morgan fingerprint density at radius 2 is 1.76 bits per heavy atom. The Bertz CT molecular complexity index is 588. The van der Waals surface area contributed by atoms with Crippen LogP contribution in [0.25, 0.3) is 0 Å². The van der Waals surface area contributed by atoms with Crippen molar-refractivity contribution in [3.8, 4) is 0 Å². The summed E-state index contributed by atoms with van der Waals surface area (Å²) in [6, 6.07) is 0. The lowest BCUT2D eigenvalue weighted by Crippen LogP contribution is -2.36. The minimum atomic E-state index is 0.490.